The van der Waals surface area contributed by atoms with Gasteiger partial charge >= 0.3 is 5.97 Å². The highest BCUT2D eigenvalue weighted by Crippen LogP contribution is 2.40. The highest BCUT2D eigenvalue weighted by molar-refractivity contribution is 6.13. The van der Waals surface area contributed by atoms with Gasteiger partial charge in [-0.05, 0) is 55.0 Å². The van der Waals surface area contributed by atoms with Crippen LogP contribution in [0.15, 0.2) is 30.3 Å². The molecule has 0 radical (unpaired) electrons. The molecule has 0 atom stereocenters. The van der Waals surface area contributed by atoms with Crippen LogP contribution in [0, 0.1) is 0 Å². The summed E-state index contributed by atoms with van der Waals surface area (Å²) in [4.78, 5) is 24.1. The zero-order valence-corrected chi connectivity index (χ0v) is 14.3. The van der Waals surface area contributed by atoms with Gasteiger partial charge in [0.25, 0.3) is 0 Å². The highest BCUT2D eigenvalue weighted by atomic mass is 16.5. The van der Waals surface area contributed by atoms with Crippen LogP contribution in [-0.2, 0) is 12.8 Å². The second kappa shape index (κ2) is 6.97. The second-order valence-corrected chi connectivity index (χ2v) is 6.04. The van der Waals surface area contributed by atoms with E-state index in [1.165, 1.54) is 31.4 Å². The number of methoxy groups -OCH3 is 2. The van der Waals surface area contributed by atoms with Crippen LogP contribution in [0.5, 0.6) is 11.5 Å². The van der Waals surface area contributed by atoms with Gasteiger partial charge in [0, 0.05) is 5.56 Å². The minimum Gasteiger partial charge on any atom is -0.496 e. The topological polar surface area (TPSA) is 72.8 Å². The minimum absolute atomic E-state index is 0.140. The molecule has 2 aromatic carbocycles. The first-order valence-corrected chi connectivity index (χ1v) is 8.21. The van der Waals surface area contributed by atoms with Crippen molar-refractivity contribution in [2.45, 2.75) is 25.7 Å². The summed E-state index contributed by atoms with van der Waals surface area (Å²) in [6.45, 7) is 0. The molecule has 3 rings (SSSR count). The molecule has 0 bridgehead atoms. The Balaban J connectivity index is 2.11. The van der Waals surface area contributed by atoms with Gasteiger partial charge < -0.3 is 14.6 Å². The largest absolute Gasteiger partial charge is 0.496 e. The molecule has 0 saturated carbocycles. The molecular formula is C20H20O5. The molecule has 25 heavy (non-hydrogen) atoms. The third-order valence-corrected chi connectivity index (χ3v) is 4.61. The van der Waals surface area contributed by atoms with Crippen molar-refractivity contribution in [3.05, 3.63) is 58.1 Å². The summed E-state index contributed by atoms with van der Waals surface area (Å²) in [7, 11) is 3.10. The van der Waals surface area contributed by atoms with E-state index in [-0.39, 0.29) is 11.3 Å². The number of carboxylic acids is 1. The summed E-state index contributed by atoms with van der Waals surface area (Å²) in [5, 5.41) is 9.00. The molecule has 0 unspecified atom stereocenters. The lowest BCUT2D eigenvalue weighted by Gasteiger charge is -2.23. The maximum Gasteiger partial charge on any atom is 0.335 e. The molecule has 0 spiro atoms. The van der Waals surface area contributed by atoms with Crippen LogP contribution < -0.4 is 9.47 Å². The lowest BCUT2D eigenvalue weighted by atomic mass is 9.87. The second-order valence-electron chi connectivity index (χ2n) is 6.04. The smallest absolute Gasteiger partial charge is 0.335 e. The Morgan fingerprint density at radius 2 is 1.60 bits per heavy atom. The number of rotatable bonds is 5. The van der Waals surface area contributed by atoms with Crippen molar-refractivity contribution in [3.8, 4) is 11.5 Å². The van der Waals surface area contributed by atoms with Crippen molar-refractivity contribution >= 4 is 11.8 Å². The van der Waals surface area contributed by atoms with Crippen molar-refractivity contribution in [3.63, 3.8) is 0 Å². The number of benzene rings is 2. The van der Waals surface area contributed by atoms with Crippen molar-refractivity contribution in [1.82, 2.24) is 0 Å². The number of hydrogen-bond donors (Lipinski definition) is 1. The zero-order chi connectivity index (χ0) is 18.0. The van der Waals surface area contributed by atoms with Crippen LogP contribution in [0.1, 0.15) is 50.2 Å². The molecule has 0 fully saturated rings. The third-order valence-electron chi connectivity index (χ3n) is 4.61. The molecule has 5 heteroatoms. The fraction of sp³-hybridized carbons (Fsp3) is 0.300. The van der Waals surface area contributed by atoms with Crippen LogP contribution in [0.25, 0.3) is 0 Å². The van der Waals surface area contributed by atoms with E-state index in [2.05, 4.69) is 0 Å². The van der Waals surface area contributed by atoms with Gasteiger partial charge in [0.2, 0.25) is 5.78 Å². The summed E-state index contributed by atoms with van der Waals surface area (Å²) in [6, 6.07) is 7.81. The Kier molecular flexibility index (Phi) is 4.74. The van der Waals surface area contributed by atoms with Gasteiger partial charge in [0.1, 0.15) is 17.1 Å². The average molecular weight is 340 g/mol. The summed E-state index contributed by atoms with van der Waals surface area (Å²) >= 11 is 0. The van der Waals surface area contributed by atoms with Gasteiger partial charge in [-0.3, -0.25) is 4.79 Å². The van der Waals surface area contributed by atoms with E-state index in [0.717, 1.165) is 36.8 Å². The lowest BCUT2D eigenvalue weighted by molar-refractivity contribution is 0.0696. The van der Waals surface area contributed by atoms with Crippen molar-refractivity contribution in [2.24, 2.45) is 0 Å². The SMILES string of the molecule is COc1cc2c(c(OC)c1C(=O)c1ccc(C(=O)O)cc1)CCCC2. The number of fused-ring (bicyclic) bond motifs is 1. The molecule has 1 aliphatic rings. The maximum atomic E-state index is 13.1. The van der Waals surface area contributed by atoms with Crippen LogP contribution in [-0.4, -0.2) is 31.1 Å². The maximum absolute atomic E-state index is 13.1. The minimum atomic E-state index is -1.03. The first-order chi connectivity index (χ1) is 12.1. The summed E-state index contributed by atoms with van der Waals surface area (Å²) in [5.74, 6) is -0.201. The van der Waals surface area contributed by atoms with Crippen molar-refractivity contribution in [1.29, 1.82) is 0 Å². The summed E-state index contributed by atoms with van der Waals surface area (Å²) in [6.07, 6.45) is 4.00. The van der Waals surface area contributed by atoms with Gasteiger partial charge in [0.15, 0.2) is 0 Å². The number of aryl methyl sites for hydroxylation is 1. The van der Waals surface area contributed by atoms with Gasteiger partial charge in [-0.1, -0.05) is 12.1 Å². The molecule has 130 valence electrons. The average Bonchev–Trinajstić information content (AvgIpc) is 2.65. The number of carbonyl (C=O) groups is 2. The van der Waals surface area contributed by atoms with E-state index >= 15 is 0 Å². The van der Waals surface area contributed by atoms with Crippen LogP contribution >= 0.6 is 0 Å². The standard InChI is InChI=1S/C20H20O5/c1-24-16-11-14-5-3-4-6-15(14)19(25-2)17(16)18(21)12-7-9-13(10-8-12)20(22)23/h7-11H,3-6H2,1-2H3,(H,22,23). The number of carboxylic acid groups (broad SMARTS) is 1. The first-order valence-electron chi connectivity index (χ1n) is 8.21. The zero-order valence-electron chi connectivity index (χ0n) is 14.3. The Morgan fingerprint density at radius 1 is 0.960 bits per heavy atom. The van der Waals surface area contributed by atoms with Crippen LogP contribution in [0.3, 0.4) is 0 Å². The van der Waals surface area contributed by atoms with Gasteiger partial charge in [-0.2, -0.15) is 0 Å². The summed E-state index contributed by atoms with van der Waals surface area (Å²) < 4.78 is 11.1. The molecule has 5 nitrogen and oxygen atoms in total. The molecular weight excluding hydrogens is 320 g/mol. The van der Waals surface area contributed by atoms with E-state index in [1.54, 1.807) is 7.11 Å². The number of ether oxygens (including phenoxy) is 2. The molecule has 0 aliphatic heterocycles. The number of carbonyl (C=O) groups excluding carboxylic acids is 1. The van der Waals surface area contributed by atoms with E-state index in [1.807, 2.05) is 6.07 Å². The Labute approximate surface area is 146 Å². The molecule has 1 N–H and O–H groups in total. The van der Waals surface area contributed by atoms with Crippen LogP contribution in [0.4, 0.5) is 0 Å². The predicted molar refractivity (Wildman–Crippen MR) is 93.0 cm³/mol. The van der Waals surface area contributed by atoms with Gasteiger partial charge in [-0.25, -0.2) is 4.79 Å². The van der Waals surface area contributed by atoms with E-state index in [4.69, 9.17) is 14.6 Å². The quantitative estimate of drug-likeness (QED) is 0.843. The van der Waals surface area contributed by atoms with E-state index in [0.29, 0.717) is 22.6 Å². The number of aromatic carboxylic acids is 1. The first kappa shape index (κ1) is 17.0. The fourth-order valence-electron chi connectivity index (χ4n) is 3.35. The Hall–Kier alpha value is -2.82. The highest BCUT2D eigenvalue weighted by Gasteiger charge is 2.26. The van der Waals surface area contributed by atoms with Crippen LogP contribution in [0.2, 0.25) is 0 Å². The van der Waals surface area contributed by atoms with Crippen molar-refractivity contribution < 1.29 is 24.2 Å². The van der Waals surface area contributed by atoms with E-state index < -0.39 is 5.97 Å². The van der Waals surface area contributed by atoms with E-state index in [9.17, 15) is 9.59 Å². The Morgan fingerprint density at radius 3 is 2.20 bits per heavy atom. The Bertz CT molecular complexity index is 821. The molecule has 2 aromatic rings. The predicted octanol–water partition coefficient (Wildman–Crippen LogP) is 3.51. The molecule has 0 heterocycles. The van der Waals surface area contributed by atoms with Gasteiger partial charge in [0.05, 0.1) is 19.8 Å². The van der Waals surface area contributed by atoms with Gasteiger partial charge in [-0.15, -0.1) is 0 Å². The molecule has 0 saturated heterocycles. The molecule has 0 aromatic heterocycles. The van der Waals surface area contributed by atoms with Crippen molar-refractivity contribution in [2.75, 3.05) is 14.2 Å². The number of ketones is 1. The normalized spacial score (nSPS) is 13.0. The molecule has 0 amide bonds. The number of hydrogen-bond acceptors (Lipinski definition) is 4. The third kappa shape index (κ3) is 3.09. The lowest BCUT2D eigenvalue weighted by Crippen LogP contribution is -2.13. The summed E-state index contributed by atoms with van der Waals surface area (Å²) in [5.41, 5.74) is 3.17. The fourth-order valence-corrected chi connectivity index (χ4v) is 3.35. The molecule has 1 aliphatic carbocycles. The monoisotopic (exact) mass is 340 g/mol.